The second kappa shape index (κ2) is 9.57. The topological polar surface area (TPSA) is 116 Å². The zero-order valence-electron chi connectivity index (χ0n) is 23.2. The standard InChI is InChI=1S/C31H33N7O3/c1-19-13-23(36-12-11-31(2,18-36)22-7-4-3-5-8-22)17-38-28(19)34-27(35-38)29(39)37-15-20-14-21(16-37)26(20)33-25-10-6-9-24(32-25)30(40)41/h3-10,13,17,20-21,26H,11-12,14-16,18H2,1-2H3,(H,32,33)(H,40,41)/t20?,21?,26?,31-/m0/s1. The van der Waals surface area contributed by atoms with Crippen LogP contribution in [0.15, 0.2) is 60.8 Å². The number of fused-ring (bicyclic) bond motifs is 3. The first kappa shape index (κ1) is 25.5. The number of aromatic carboxylic acids is 1. The van der Waals surface area contributed by atoms with Gasteiger partial charge in [0, 0.05) is 37.6 Å². The Morgan fingerprint density at radius 2 is 1.83 bits per heavy atom. The van der Waals surface area contributed by atoms with Crippen molar-refractivity contribution in [2.24, 2.45) is 11.8 Å². The molecule has 1 saturated carbocycles. The molecule has 1 aliphatic carbocycles. The molecule has 4 aliphatic rings. The van der Waals surface area contributed by atoms with Crippen molar-refractivity contribution in [3.63, 3.8) is 0 Å². The lowest BCUT2D eigenvalue weighted by atomic mass is 9.66. The minimum Gasteiger partial charge on any atom is -0.477 e. The van der Waals surface area contributed by atoms with Crippen LogP contribution in [0, 0.1) is 18.8 Å². The van der Waals surface area contributed by atoms with Crippen LogP contribution in [0.1, 0.15) is 52.0 Å². The Labute approximate surface area is 238 Å². The van der Waals surface area contributed by atoms with E-state index in [-0.39, 0.29) is 40.7 Å². The maximum atomic E-state index is 13.5. The Kier molecular flexibility index (Phi) is 5.95. The molecule has 2 N–H and O–H groups in total. The van der Waals surface area contributed by atoms with Crippen LogP contribution in [-0.2, 0) is 5.41 Å². The molecule has 3 aromatic heterocycles. The minimum atomic E-state index is -1.05. The molecule has 4 fully saturated rings. The highest BCUT2D eigenvalue weighted by Crippen LogP contribution is 2.42. The number of carbonyl (C=O) groups is 2. The number of nitrogens with one attached hydrogen (secondary N) is 1. The van der Waals surface area contributed by atoms with Gasteiger partial charge in [-0.15, -0.1) is 5.10 Å². The Balaban J connectivity index is 1.05. The molecule has 1 amide bonds. The van der Waals surface area contributed by atoms with E-state index in [9.17, 15) is 14.7 Å². The van der Waals surface area contributed by atoms with E-state index in [0.29, 0.717) is 24.6 Å². The highest BCUT2D eigenvalue weighted by molar-refractivity contribution is 5.91. The molecular formula is C31H33N7O3. The highest BCUT2D eigenvalue weighted by Gasteiger charge is 2.48. The third-order valence-electron chi connectivity index (χ3n) is 9.20. The number of anilines is 2. The molecular weight excluding hydrogens is 518 g/mol. The lowest BCUT2D eigenvalue weighted by Crippen LogP contribution is -2.62. The predicted octanol–water partition coefficient (Wildman–Crippen LogP) is 3.87. The smallest absolute Gasteiger partial charge is 0.354 e. The summed E-state index contributed by atoms with van der Waals surface area (Å²) in [6.07, 6.45) is 4.09. The normalized spacial score (nSPS) is 25.3. The van der Waals surface area contributed by atoms with Gasteiger partial charge in [-0.05, 0) is 60.9 Å². The Morgan fingerprint density at radius 1 is 1.05 bits per heavy atom. The molecule has 41 heavy (non-hydrogen) atoms. The van der Waals surface area contributed by atoms with Gasteiger partial charge in [0.2, 0.25) is 5.82 Å². The third-order valence-corrected chi connectivity index (χ3v) is 9.20. The molecule has 4 aromatic rings. The van der Waals surface area contributed by atoms with Crippen LogP contribution in [0.4, 0.5) is 11.5 Å². The summed E-state index contributed by atoms with van der Waals surface area (Å²) in [6.45, 7) is 7.44. The summed E-state index contributed by atoms with van der Waals surface area (Å²) in [5, 5.41) is 17.3. The zero-order chi connectivity index (χ0) is 28.3. The van der Waals surface area contributed by atoms with Crippen molar-refractivity contribution in [2.75, 3.05) is 36.4 Å². The average Bonchev–Trinajstić information content (AvgIpc) is 3.61. The summed E-state index contributed by atoms with van der Waals surface area (Å²) in [5.41, 5.74) is 4.24. The van der Waals surface area contributed by atoms with Gasteiger partial charge in [0.15, 0.2) is 11.3 Å². The number of aromatic nitrogens is 4. The first-order valence-electron chi connectivity index (χ1n) is 14.2. The van der Waals surface area contributed by atoms with Gasteiger partial charge in [0.1, 0.15) is 5.82 Å². The van der Waals surface area contributed by atoms with Crippen molar-refractivity contribution in [1.82, 2.24) is 24.5 Å². The number of carbonyl (C=O) groups excluding carboxylic acids is 1. The zero-order valence-corrected chi connectivity index (χ0v) is 23.2. The van der Waals surface area contributed by atoms with E-state index >= 15 is 0 Å². The first-order chi connectivity index (χ1) is 19.8. The fraction of sp³-hybridized carbons (Fsp3) is 0.387. The molecule has 2 bridgehead atoms. The van der Waals surface area contributed by atoms with Crippen molar-refractivity contribution in [1.29, 1.82) is 0 Å². The molecule has 10 heteroatoms. The van der Waals surface area contributed by atoms with Crippen molar-refractivity contribution in [3.05, 3.63) is 83.4 Å². The van der Waals surface area contributed by atoms with E-state index < -0.39 is 5.97 Å². The lowest BCUT2D eigenvalue weighted by molar-refractivity contribution is 0.0119. The summed E-state index contributed by atoms with van der Waals surface area (Å²) >= 11 is 0. The van der Waals surface area contributed by atoms with E-state index in [4.69, 9.17) is 0 Å². The minimum absolute atomic E-state index is 0.0163. The van der Waals surface area contributed by atoms with E-state index in [0.717, 1.165) is 37.2 Å². The lowest BCUT2D eigenvalue weighted by Gasteiger charge is -2.53. The summed E-state index contributed by atoms with van der Waals surface area (Å²) in [5.74, 6) is 0.126. The molecule has 10 nitrogen and oxygen atoms in total. The number of hydrogen-bond acceptors (Lipinski definition) is 7. The van der Waals surface area contributed by atoms with Crippen LogP contribution in [0.2, 0.25) is 0 Å². The second-order valence-electron chi connectivity index (χ2n) is 12.0. The quantitative estimate of drug-likeness (QED) is 0.371. The number of amides is 1. The molecule has 1 aromatic carbocycles. The maximum Gasteiger partial charge on any atom is 0.354 e. The third kappa shape index (κ3) is 4.47. The number of piperidine rings is 2. The fourth-order valence-electron chi connectivity index (χ4n) is 6.89. The van der Waals surface area contributed by atoms with E-state index in [1.807, 2.05) is 18.0 Å². The van der Waals surface area contributed by atoms with Gasteiger partial charge >= 0.3 is 5.97 Å². The number of hydrogen-bond donors (Lipinski definition) is 2. The summed E-state index contributed by atoms with van der Waals surface area (Å²) < 4.78 is 1.76. The van der Waals surface area contributed by atoms with Crippen molar-refractivity contribution in [3.8, 4) is 0 Å². The molecule has 8 rings (SSSR count). The predicted molar refractivity (Wildman–Crippen MR) is 154 cm³/mol. The number of aryl methyl sites for hydroxylation is 1. The van der Waals surface area contributed by atoms with E-state index in [2.05, 4.69) is 68.6 Å². The van der Waals surface area contributed by atoms with Gasteiger partial charge < -0.3 is 20.2 Å². The molecule has 3 aliphatic heterocycles. The number of carboxylic acids is 1. The second-order valence-corrected chi connectivity index (χ2v) is 12.0. The maximum absolute atomic E-state index is 13.5. The van der Waals surface area contributed by atoms with Crippen molar-refractivity contribution < 1.29 is 14.7 Å². The molecule has 3 atom stereocenters. The largest absolute Gasteiger partial charge is 0.477 e. The number of nitrogens with zero attached hydrogens (tertiary/aromatic N) is 6. The van der Waals surface area contributed by atoms with Crippen LogP contribution in [0.25, 0.3) is 5.65 Å². The van der Waals surface area contributed by atoms with Gasteiger partial charge in [-0.1, -0.05) is 43.3 Å². The van der Waals surface area contributed by atoms with Crippen LogP contribution in [-0.4, -0.2) is 73.7 Å². The number of benzene rings is 1. The molecule has 0 spiro atoms. The molecule has 6 heterocycles. The van der Waals surface area contributed by atoms with E-state index in [1.165, 1.54) is 11.6 Å². The van der Waals surface area contributed by atoms with Crippen LogP contribution >= 0.6 is 0 Å². The van der Waals surface area contributed by atoms with Crippen molar-refractivity contribution >= 4 is 29.0 Å². The van der Waals surface area contributed by atoms with Gasteiger partial charge in [-0.3, -0.25) is 4.79 Å². The number of pyridine rings is 2. The van der Waals surface area contributed by atoms with Gasteiger partial charge in [-0.2, -0.15) is 0 Å². The Bertz CT molecular complexity index is 1640. The SMILES string of the molecule is Cc1cc(N2CC[C@](C)(c3ccccc3)C2)cn2nc(C(=O)N3CC4CC(C3)C4Nc3cccc(C(=O)O)n3)nc12. The van der Waals surface area contributed by atoms with Gasteiger partial charge in [0.05, 0.1) is 11.9 Å². The highest BCUT2D eigenvalue weighted by atomic mass is 16.4. The summed E-state index contributed by atoms with van der Waals surface area (Å²) in [6, 6.07) is 18.0. The van der Waals surface area contributed by atoms with Gasteiger partial charge in [0.25, 0.3) is 5.91 Å². The fourth-order valence-corrected chi connectivity index (χ4v) is 6.89. The van der Waals surface area contributed by atoms with Crippen LogP contribution in [0.5, 0.6) is 0 Å². The molecule has 0 radical (unpaired) electrons. The molecule has 2 unspecified atom stereocenters. The first-order valence-corrected chi connectivity index (χ1v) is 14.2. The Morgan fingerprint density at radius 3 is 2.59 bits per heavy atom. The molecule has 210 valence electrons. The summed E-state index contributed by atoms with van der Waals surface area (Å²) in [4.78, 5) is 37.9. The van der Waals surface area contributed by atoms with Gasteiger partial charge in [-0.25, -0.2) is 19.3 Å². The number of carboxylic acid groups (broad SMARTS) is 1. The van der Waals surface area contributed by atoms with E-state index in [1.54, 1.807) is 16.6 Å². The van der Waals surface area contributed by atoms with Crippen LogP contribution < -0.4 is 10.2 Å². The van der Waals surface area contributed by atoms with Crippen LogP contribution in [0.3, 0.4) is 0 Å². The summed E-state index contributed by atoms with van der Waals surface area (Å²) in [7, 11) is 0. The molecule has 3 saturated heterocycles. The number of rotatable bonds is 6. The van der Waals surface area contributed by atoms with Crippen molar-refractivity contribution in [2.45, 2.75) is 38.1 Å². The average molecular weight is 552 g/mol. The Hall–Kier alpha value is -4.47. The monoisotopic (exact) mass is 551 g/mol.